The van der Waals surface area contributed by atoms with E-state index >= 15 is 0 Å². The van der Waals surface area contributed by atoms with Gasteiger partial charge in [-0.1, -0.05) is 22.0 Å². The number of halogens is 2. The molecule has 100 valence electrons. The molecule has 1 aromatic heterocycles. The first-order chi connectivity index (χ1) is 8.90. The molecule has 0 saturated heterocycles. The number of benzene rings is 1. The van der Waals surface area contributed by atoms with Crippen molar-refractivity contribution in [3.8, 4) is 0 Å². The van der Waals surface area contributed by atoms with Crippen LogP contribution in [0.15, 0.2) is 22.7 Å². The first-order valence-corrected chi connectivity index (χ1v) is 6.10. The van der Waals surface area contributed by atoms with Crippen molar-refractivity contribution in [1.82, 2.24) is 9.78 Å². The van der Waals surface area contributed by atoms with Gasteiger partial charge in [0.05, 0.1) is 11.5 Å². The molecule has 19 heavy (non-hydrogen) atoms. The van der Waals surface area contributed by atoms with Gasteiger partial charge in [0.1, 0.15) is 11.5 Å². The fourth-order valence-electron chi connectivity index (χ4n) is 1.75. The summed E-state index contributed by atoms with van der Waals surface area (Å²) in [5.41, 5.74) is 5.98. The highest BCUT2D eigenvalue weighted by atomic mass is 79.9. The average Bonchev–Trinajstić information content (AvgIpc) is 2.58. The van der Waals surface area contributed by atoms with Crippen molar-refractivity contribution >= 4 is 27.4 Å². The van der Waals surface area contributed by atoms with Crippen molar-refractivity contribution in [2.75, 3.05) is 5.73 Å². The molecule has 0 bridgehead atoms. The molecule has 0 spiro atoms. The molecule has 1 aromatic carbocycles. The molecule has 0 aliphatic heterocycles. The number of nitrogens with two attached hydrogens (primary N) is 1. The molecule has 0 fully saturated rings. The van der Waals surface area contributed by atoms with E-state index in [9.17, 15) is 14.5 Å². The first-order valence-electron chi connectivity index (χ1n) is 5.31. The lowest BCUT2D eigenvalue weighted by atomic mass is 10.2. The summed E-state index contributed by atoms with van der Waals surface area (Å²) < 4.78 is 15.5. The first kappa shape index (κ1) is 13.5. The molecule has 2 rings (SSSR count). The van der Waals surface area contributed by atoms with Gasteiger partial charge in [-0.25, -0.2) is 9.07 Å². The maximum Gasteiger partial charge on any atom is 0.333 e. The van der Waals surface area contributed by atoms with Crippen LogP contribution in [0, 0.1) is 22.9 Å². The smallest absolute Gasteiger partial charge is 0.333 e. The van der Waals surface area contributed by atoms with Crippen molar-refractivity contribution in [1.29, 1.82) is 0 Å². The molecule has 2 N–H and O–H groups in total. The van der Waals surface area contributed by atoms with Crippen molar-refractivity contribution in [2.24, 2.45) is 0 Å². The highest BCUT2D eigenvalue weighted by molar-refractivity contribution is 9.10. The molecule has 0 atom stereocenters. The molecular formula is C11H10BrFN4O2. The van der Waals surface area contributed by atoms with E-state index in [4.69, 9.17) is 5.73 Å². The quantitative estimate of drug-likeness (QED) is 0.693. The third-order valence-corrected chi connectivity index (χ3v) is 3.15. The summed E-state index contributed by atoms with van der Waals surface area (Å²) in [5, 5.41) is 14.8. The Kier molecular flexibility index (Phi) is 3.52. The second-order valence-electron chi connectivity index (χ2n) is 3.97. The van der Waals surface area contributed by atoms with E-state index in [1.165, 1.54) is 17.7 Å². The van der Waals surface area contributed by atoms with E-state index in [0.29, 0.717) is 10.0 Å². The van der Waals surface area contributed by atoms with Crippen LogP contribution in [-0.4, -0.2) is 14.7 Å². The average molecular weight is 329 g/mol. The molecule has 0 amide bonds. The maximum atomic E-state index is 13.7. The van der Waals surface area contributed by atoms with Crippen LogP contribution in [0.25, 0.3) is 0 Å². The Morgan fingerprint density at radius 1 is 1.58 bits per heavy atom. The Hall–Kier alpha value is -1.96. The van der Waals surface area contributed by atoms with Gasteiger partial charge in [-0.15, -0.1) is 0 Å². The van der Waals surface area contributed by atoms with Crippen LogP contribution in [0.2, 0.25) is 0 Å². The second-order valence-corrected chi connectivity index (χ2v) is 4.89. The van der Waals surface area contributed by atoms with Crippen LogP contribution in [0.1, 0.15) is 11.3 Å². The molecule has 0 radical (unpaired) electrons. The number of hydrogen-bond donors (Lipinski definition) is 1. The number of aromatic nitrogens is 2. The van der Waals surface area contributed by atoms with Gasteiger partial charge in [-0.3, -0.25) is 10.1 Å². The summed E-state index contributed by atoms with van der Waals surface area (Å²) in [5.74, 6) is -0.505. The minimum Gasteiger partial charge on any atom is -0.378 e. The standard InChI is InChI=1S/C11H10BrFN4O2/c1-6-10(17(18)19)11(14)16(15-6)5-7-2-3-8(12)4-9(7)13/h2-4H,5,14H2,1H3. The fraction of sp³-hybridized carbons (Fsp3) is 0.182. The molecular weight excluding hydrogens is 319 g/mol. The zero-order valence-electron chi connectivity index (χ0n) is 9.93. The zero-order chi connectivity index (χ0) is 14.2. The molecule has 0 aliphatic carbocycles. The molecule has 6 nitrogen and oxygen atoms in total. The Morgan fingerprint density at radius 3 is 2.79 bits per heavy atom. The predicted molar refractivity (Wildman–Crippen MR) is 71.2 cm³/mol. The third kappa shape index (κ3) is 2.58. The summed E-state index contributed by atoms with van der Waals surface area (Å²) in [4.78, 5) is 10.2. The number of anilines is 1. The Bertz CT molecular complexity index is 656. The van der Waals surface area contributed by atoms with Crippen LogP contribution in [0.3, 0.4) is 0 Å². The van der Waals surface area contributed by atoms with Crippen LogP contribution in [0.4, 0.5) is 15.9 Å². The van der Waals surface area contributed by atoms with E-state index in [2.05, 4.69) is 21.0 Å². The molecule has 1 heterocycles. The van der Waals surface area contributed by atoms with Gasteiger partial charge in [-0.05, 0) is 19.1 Å². The van der Waals surface area contributed by atoms with E-state index < -0.39 is 10.7 Å². The second kappa shape index (κ2) is 4.96. The zero-order valence-corrected chi connectivity index (χ0v) is 11.5. The largest absolute Gasteiger partial charge is 0.378 e. The van der Waals surface area contributed by atoms with Crippen molar-refractivity contribution in [3.63, 3.8) is 0 Å². The number of nitro groups is 1. The monoisotopic (exact) mass is 328 g/mol. The Balaban J connectivity index is 2.39. The van der Waals surface area contributed by atoms with Crippen LogP contribution >= 0.6 is 15.9 Å². The number of rotatable bonds is 3. The predicted octanol–water partition coefficient (Wildman–Crippen LogP) is 2.63. The summed E-state index contributed by atoms with van der Waals surface area (Å²) in [7, 11) is 0. The minimum atomic E-state index is -0.591. The van der Waals surface area contributed by atoms with E-state index in [1.807, 2.05) is 0 Å². The number of aryl methyl sites for hydroxylation is 1. The minimum absolute atomic E-state index is 0.0413. The van der Waals surface area contributed by atoms with Crippen molar-refractivity contribution in [3.05, 3.63) is 49.9 Å². The van der Waals surface area contributed by atoms with Gasteiger partial charge < -0.3 is 5.73 Å². The fourth-order valence-corrected chi connectivity index (χ4v) is 2.08. The highest BCUT2D eigenvalue weighted by Crippen LogP contribution is 2.26. The number of hydrogen-bond acceptors (Lipinski definition) is 4. The topological polar surface area (TPSA) is 87.0 Å². The van der Waals surface area contributed by atoms with Gasteiger partial charge in [0, 0.05) is 10.0 Å². The van der Waals surface area contributed by atoms with Crippen LogP contribution in [0.5, 0.6) is 0 Å². The Morgan fingerprint density at radius 2 is 2.26 bits per heavy atom. The van der Waals surface area contributed by atoms with Gasteiger partial charge in [0.25, 0.3) is 0 Å². The lowest BCUT2D eigenvalue weighted by molar-refractivity contribution is -0.384. The molecule has 0 unspecified atom stereocenters. The van der Waals surface area contributed by atoms with Crippen LogP contribution < -0.4 is 5.73 Å². The highest BCUT2D eigenvalue weighted by Gasteiger charge is 2.23. The Labute approximate surface area is 116 Å². The van der Waals surface area contributed by atoms with E-state index in [0.717, 1.165) is 0 Å². The van der Waals surface area contributed by atoms with Crippen molar-refractivity contribution < 1.29 is 9.31 Å². The van der Waals surface area contributed by atoms with Gasteiger partial charge in [0.15, 0.2) is 0 Å². The molecule has 2 aromatic rings. The van der Waals surface area contributed by atoms with Crippen LogP contribution in [-0.2, 0) is 6.54 Å². The third-order valence-electron chi connectivity index (χ3n) is 2.65. The lowest BCUT2D eigenvalue weighted by Gasteiger charge is -2.05. The summed E-state index contributed by atoms with van der Waals surface area (Å²) in [6.07, 6.45) is 0. The lowest BCUT2D eigenvalue weighted by Crippen LogP contribution is -2.08. The summed E-state index contributed by atoms with van der Waals surface area (Å²) >= 11 is 3.15. The molecule has 0 aliphatic rings. The maximum absolute atomic E-state index is 13.7. The van der Waals surface area contributed by atoms with Crippen molar-refractivity contribution in [2.45, 2.75) is 13.5 Å². The van der Waals surface area contributed by atoms with Gasteiger partial charge in [-0.2, -0.15) is 5.10 Å². The van der Waals surface area contributed by atoms with E-state index in [-0.39, 0.29) is 23.7 Å². The number of nitrogen functional groups attached to an aromatic ring is 1. The molecule has 8 heteroatoms. The molecule has 0 saturated carbocycles. The number of nitrogens with zero attached hydrogens (tertiary/aromatic N) is 3. The summed E-state index contributed by atoms with van der Waals surface area (Å²) in [6.45, 7) is 1.53. The normalized spacial score (nSPS) is 10.7. The van der Waals surface area contributed by atoms with Gasteiger partial charge >= 0.3 is 5.69 Å². The van der Waals surface area contributed by atoms with E-state index in [1.54, 1.807) is 12.1 Å². The van der Waals surface area contributed by atoms with Gasteiger partial charge in [0.2, 0.25) is 5.82 Å². The summed E-state index contributed by atoms with van der Waals surface area (Å²) in [6, 6.07) is 4.57. The SMILES string of the molecule is Cc1nn(Cc2ccc(Br)cc2F)c(N)c1[N+](=O)[O-].